The first-order valence-corrected chi connectivity index (χ1v) is 8.29. The van der Waals surface area contributed by atoms with E-state index in [1.54, 1.807) is 12.5 Å². The van der Waals surface area contributed by atoms with Crippen LogP contribution >= 0.6 is 11.3 Å². The quantitative estimate of drug-likeness (QED) is 0.728. The third kappa shape index (κ3) is 3.51. The van der Waals surface area contributed by atoms with Gasteiger partial charge in [0.05, 0.1) is 25.0 Å². The minimum atomic E-state index is -0.475. The number of ether oxygens (including phenoxy) is 1. The molecule has 0 fully saturated rings. The molecule has 3 rings (SSSR count). The van der Waals surface area contributed by atoms with Crippen LogP contribution in [-0.2, 0) is 13.0 Å². The molecule has 0 aliphatic carbocycles. The van der Waals surface area contributed by atoms with Gasteiger partial charge in [-0.2, -0.15) is 5.26 Å². The third-order valence-corrected chi connectivity index (χ3v) is 4.51. The lowest BCUT2D eigenvalue weighted by Gasteiger charge is -2.06. The van der Waals surface area contributed by atoms with Crippen LogP contribution < -0.4 is 15.6 Å². The first-order chi connectivity index (χ1) is 12.1. The van der Waals surface area contributed by atoms with E-state index in [1.807, 2.05) is 30.3 Å². The maximum absolute atomic E-state index is 12.3. The average molecular weight is 354 g/mol. The Labute approximate surface area is 146 Å². The van der Waals surface area contributed by atoms with Crippen LogP contribution in [0.2, 0.25) is 0 Å². The van der Waals surface area contributed by atoms with Crippen molar-refractivity contribution < 1.29 is 9.53 Å². The number of fused-ring (bicyclic) bond motifs is 1. The molecule has 0 saturated heterocycles. The maximum atomic E-state index is 12.3. The average Bonchev–Trinajstić information content (AvgIpc) is 3.03. The smallest absolute Gasteiger partial charge is 0.287 e. The number of hydrogen-bond donors (Lipinski definition) is 2. The van der Waals surface area contributed by atoms with Crippen LogP contribution in [0.1, 0.15) is 21.7 Å². The van der Waals surface area contributed by atoms with Gasteiger partial charge in [-0.3, -0.25) is 9.59 Å². The van der Waals surface area contributed by atoms with E-state index in [1.165, 1.54) is 11.3 Å². The van der Waals surface area contributed by atoms with Gasteiger partial charge < -0.3 is 15.0 Å². The van der Waals surface area contributed by atoms with E-state index in [0.29, 0.717) is 21.5 Å². The lowest BCUT2D eigenvalue weighted by molar-refractivity contribution is 0.0940. The Morgan fingerprint density at radius 3 is 3.08 bits per heavy atom. The molecular weight excluding hydrogens is 340 g/mol. The standard InChI is InChI=1S/C17H14N4O3S/c1-24-12-4-2-3-10(7-12)8-19-16(23)14-20-15(22)13-11(5-6-18)9-25-17(13)21-14/h2-4,7,9H,5,8H2,1H3,(H,19,23)(H,20,21,22). The summed E-state index contributed by atoms with van der Waals surface area (Å²) in [6.07, 6.45) is 0.131. The number of nitrogens with zero attached hydrogens (tertiary/aromatic N) is 2. The van der Waals surface area contributed by atoms with E-state index in [2.05, 4.69) is 15.3 Å². The number of hydrogen-bond acceptors (Lipinski definition) is 6. The Kier molecular flexibility index (Phi) is 4.77. The molecule has 25 heavy (non-hydrogen) atoms. The number of rotatable bonds is 5. The van der Waals surface area contributed by atoms with Crippen molar-refractivity contribution in [2.75, 3.05) is 7.11 Å². The van der Waals surface area contributed by atoms with Gasteiger partial charge >= 0.3 is 0 Å². The van der Waals surface area contributed by atoms with Crippen molar-refractivity contribution in [1.82, 2.24) is 15.3 Å². The van der Waals surface area contributed by atoms with Gasteiger partial charge in [-0.1, -0.05) is 12.1 Å². The summed E-state index contributed by atoms with van der Waals surface area (Å²) in [5.41, 5.74) is 1.08. The van der Waals surface area contributed by atoms with Crippen LogP contribution in [0.3, 0.4) is 0 Å². The highest BCUT2D eigenvalue weighted by Gasteiger charge is 2.15. The Balaban J connectivity index is 1.80. The summed E-state index contributed by atoms with van der Waals surface area (Å²) in [5, 5.41) is 13.6. The molecule has 2 heterocycles. The summed E-state index contributed by atoms with van der Waals surface area (Å²) < 4.78 is 5.14. The number of H-pyrrole nitrogens is 1. The number of nitriles is 1. The molecule has 1 amide bonds. The van der Waals surface area contributed by atoms with Gasteiger partial charge in [0.1, 0.15) is 10.6 Å². The summed E-state index contributed by atoms with van der Waals surface area (Å²) in [4.78, 5) is 31.6. The molecule has 1 aromatic carbocycles. The van der Waals surface area contributed by atoms with Crippen LogP contribution in [-0.4, -0.2) is 23.0 Å². The zero-order chi connectivity index (χ0) is 17.8. The molecule has 0 radical (unpaired) electrons. The number of thiophene rings is 1. The van der Waals surface area contributed by atoms with Crippen LogP contribution in [0.25, 0.3) is 10.2 Å². The van der Waals surface area contributed by atoms with Gasteiger partial charge in [0.2, 0.25) is 5.82 Å². The summed E-state index contributed by atoms with van der Waals surface area (Å²) in [5.74, 6) is 0.172. The fourth-order valence-corrected chi connectivity index (χ4v) is 3.32. The summed E-state index contributed by atoms with van der Waals surface area (Å²) in [6.45, 7) is 0.280. The highest BCUT2D eigenvalue weighted by atomic mass is 32.1. The summed E-state index contributed by atoms with van der Waals surface area (Å²) >= 11 is 1.24. The van der Waals surface area contributed by atoms with E-state index in [4.69, 9.17) is 10.00 Å². The van der Waals surface area contributed by atoms with Crippen LogP contribution in [0, 0.1) is 11.3 Å². The van der Waals surface area contributed by atoms with Gasteiger partial charge in [0.25, 0.3) is 11.5 Å². The van der Waals surface area contributed by atoms with E-state index in [-0.39, 0.29) is 18.8 Å². The Morgan fingerprint density at radius 1 is 1.48 bits per heavy atom. The number of methoxy groups -OCH3 is 1. The van der Waals surface area contributed by atoms with E-state index in [9.17, 15) is 9.59 Å². The Hall–Kier alpha value is -3.18. The number of aromatic nitrogens is 2. The normalized spacial score (nSPS) is 10.4. The molecule has 2 N–H and O–H groups in total. The number of amides is 1. The largest absolute Gasteiger partial charge is 0.497 e. The van der Waals surface area contributed by atoms with E-state index < -0.39 is 11.5 Å². The predicted octanol–water partition coefficient (Wildman–Crippen LogP) is 1.99. The molecule has 0 aliphatic heterocycles. The van der Waals surface area contributed by atoms with Gasteiger partial charge in [-0.15, -0.1) is 11.3 Å². The Morgan fingerprint density at radius 2 is 2.32 bits per heavy atom. The minimum Gasteiger partial charge on any atom is -0.497 e. The highest BCUT2D eigenvalue weighted by Crippen LogP contribution is 2.21. The zero-order valence-electron chi connectivity index (χ0n) is 13.3. The van der Waals surface area contributed by atoms with Crippen molar-refractivity contribution in [3.63, 3.8) is 0 Å². The second-order valence-corrected chi connectivity index (χ2v) is 6.08. The molecule has 7 nitrogen and oxygen atoms in total. The van der Waals surface area contributed by atoms with Crippen LogP contribution in [0.5, 0.6) is 5.75 Å². The fraction of sp³-hybridized carbons (Fsp3) is 0.176. The van der Waals surface area contributed by atoms with Gasteiger partial charge in [-0.05, 0) is 28.6 Å². The maximum Gasteiger partial charge on any atom is 0.287 e. The third-order valence-electron chi connectivity index (χ3n) is 3.59. The molecule has 0 bridgehead atoms. The number of carbonyl (C=O) groups is 1. The second-order valence-electron chi connectivity index (χ2n) is 5.22. The zero-order valence-corrected chi connectivity index (χ0v) is 14.1. The van der Waals surface area contributed by atoms with Crippen molar-refractivity contribution in [2.24, 2.45) is 0 Å². The van der Waals surface area contributed by atoms with Gasteiger partial charge in [0.15, 0.2) is 0 Å². The number of benzene rings is 1. The molecule has 8 heteroatoms. The van der Waals surface area contributed by atoms with E-state index >= 15 is 0 Å². The minimum absolute atomic E-state index is 0.0502. The van der Waals surface area contributed by atoms with Gasteiger partial charge in [-0.25, -0.2) is 4.98 Å². The first-order valence-electron chi connectivity index (χ1n) is 7.41. The molecule has 0 saturated carbocycles. The number of aromatic amines is 1. The predicted molar refractivity (Wildman–Crippen MR) is 93.7 cm³/mol. The molecule has 0 unspecified atom stereocenters. The lowest BCUT2D eigenvalue weighted by atomic mass is 10.2. The fourth-order valence-electron chi connectivity index (χ4n) is 2.38. The second kappa shape index (κ2) is 7.15. The molecule has 0 atom stereocenters. The van der Waals surface area contributed by atoms with E-state index in [0.717, 1.165) is 5.56 Å². The van der Waals surface area contributed by atoms with Crippen molar-refractivity contribution in [2.45, 2.75) is 13.0 Å². The van der Waals surface area contributed by atoms with Crippen molar-refractivity contribution in [3.8, 4) is 11.8 Å². The first kappa shape index (κ1) is 16.7. The molecule has 2 aromatic heterocycles. The van der Waals surface area contributed by atoms with Crippen LogP contribution in [0.15, 0.2) is 34.4 Å². The highest BCUT2D eigenvalue weighted by molar-refractivity contribution is 7.16. The molecule has 126 valence electrons. The van der Waals surface area contributed by atoms with Crippen molar-refractivity contribution >= 4 is 27.5 Å². The number of nitrogens with one attached hydrogen (secondary N) is 2. The van der Waals surface area contributed by atoms with Crippen molar-refractivity contribution in [1.29, 1.82) is 5.26 Å². The topological polar surface area (TPSA) is 108 Å². The van der Waals surface area contributed by atoms with Gasteiger partial charge in [0, 0.05) is 6.54 Å². The summed E-state index contributed by atoms with van der Waals surface area (Å²) in [7, 11) is 1.57. The SMILES string of the molecule is COc1cccc(CNC(=O)c2nc3scc(CC#N)c3c(=O)[nH]2)c1. The number of carbonyl (C=O) groups excluding carboxylic acids is 1. The molecular formula is C17H14N4O3S. The molecule has 0 aliphatic rings. The Bertz CT molecular complexity index is 1030. The molecule has 0 spiro atoms. The lowest BCUT2D eigenvalue weighted by Crippen LogP contribution is -2.27. The summed E-state index contributed by atoms with van der Waals surface area (Å²) in [6, 6.07) is 9.32. The monoisotopic (exact) mass is 354 g/mol. The van der Waals surface area contributed by atoms with Crippen LogP contribution in [0.4, 0.5) is 0 Å². The molecule has 3 aromatic rings. The van der Waals surface area contributed by atoms with Crippen molar-refractivity contribution in [3.05, 3.63) is 57.0 Å².